The van der Waals surface area contributed by atoms with E-state index in [4.69, 9.17) is 0 Å². The lowest BCUT2D eigenvalue weighted by Crippen LogP contribution is -2.35. The molecule has 16 heavy (non-hydrogen) atoms. The molecule has 0 aliphatic heterocycles. The molecule has 0 aromatic carbocycles. The minimum atomic E-state index is 0.168. The summed E-state index contributed by atoms with van der Waals surface area (Å²) in [7, 11) is 0. The van der Waals surface area contributed by atoms with Crippen molar-refractivity contribution in [2.24, 2.45) is 28.6 Å². The molecule has 1 N–H and O–H groups in total. The standard InChI is InChI=1S/C15H24O/c1-10-6-7-15-8-12(10)14(3,9-16)13(15)5-4-11(15)2/h6,11-13,16H,4-5,7-9H2,1-3H3/t11-,12-,13?,14?,15+/m1/s1. The Hall–Kier alpha value is -0.300. The van der Waals surface area contributed by atoms with Crippen molar-refractivity contribution in [3.63, 3.8) is 0 Å². The molecule has 2 bridgehead atoms. The Kier molecular flexibility index (Phi) is 2.12. The third kappa shape index (κ3) is 1.01. The lowest BCUT2D eigenvalue weighted by atomic mass is 9.68. The molecule has 1 heteroatoms. The van der Waals surface area contributed by atoms with Crippen LogP contribution in [0.3, 0.4) is 0 Å². The summed E-state index contributed by atoms with van der Waals surface area (Å²) < 4.78 is 0. The van der Waals surface area contributed by atoms with Crippen molar-refractivity contribution < 1.29 is 5.11 Å². The first kappa shape index (κ1) is 10.8. The smallest absolute Gasteiger partial charge is 0.0493 e. The third-order valence-electron chi connectivity index (χ3n) is 6.43. The fraction of sp³-hybridized carbons (Fsp3) is 0.867. The fourth-order valence-electron chi connectivity index (χ4n) is 5.34. The normalized spacial score (nSPS) is 55.0. The molecule has 3 aliphatic rings. The molecule has 2 saturated carbocycles. The molecule has 0 amide bonds. The van der Waals surface area contributed by atoms with Gasteiger partial charge < -0.3 is 5.11 Å². The summed E-state index contributed by atoms with van der Waals surface area (Å²) in [6.07, 6.45) is 7.81. The second kappa shape index (κ2) is 3.13. The van der Waals surface area contributed by atoms with Gasteiger partial charge >= 0.3 is 0 Å². The highest BCUT2D eigenvalue weighted by molar-refractivity contribution is 5.26. The zero-order chi connectivity index (χ0) is 11.6. The maximum Gasteiger partial charge on any atom is 0.0493 e. The van der Waals surface area contributed by atoms with Crippen LogP contribution in [-0.4, -0.2) is 11.7 Å². The summed E-state index contributed by atoms with van der Waals surface area (Å²) in [6.45, 7) is 7.43. The van der Waals surface area contributed by atoms with E-state index in [1.54, 1.807) is 5.57 Å². The van der Waals surface area contributed by atoms with E-state index in [0.29, 0.717) is 17.9 Å². The van der Waals surface area contributed by atoms with Gasteiger partial charge in [-0.15, -0.1) is 0 Å². The maximum absolute atomic E-state index is 9.89. The number of fused-ring (bicyclic) bond motifs is 1. The molecule has 0 heterocycles. The minimum absolute atomic E-state index is 0.168. The van der Waals surface area contributed by atoms with Gasteiger partial charge in [-0.2, -0.15) is 0 Å². The topological polar surface area (TPSA) is 20.2 Å². The van der Waals surface area contributed by atoms with Gasteiger partial charge in [-0.1, -0.05) is 25.5 Å². The Bertz CT molecular complexity index is 345. The van der Waals surface area contributed by atoms with Gasteiger partial charge in [-0.3, -0.25) is 0 Å². The van der Waals surface area contributed by atoms with Gasteiger partial charge in [0.2, 0.25) is 0 Å². The number of allylic oxidation sites excluding steroid dienone is 2. The first-order chi connectivity index (χ1) is 7.54. The SMILES string of the molecule is CC1=CC[C@@]23C[C@H]1C(C)(CO)C2CC[C@H]3C. The lowest BCUT2D eigenvalue weighted by molar-refractivity contribution is 0.0509. The molecule has 1 spiro atoms. The largest absolute Gasteiger partial charge is 0.396 e. The van der Waals surface area contributed by atoms with Crippen LogP contribution in [-0.2, 0) is 0 Å². The summed E-state index contributed by atoms with van der Waals surface area (Å²) in [4.78, 5) is 0. The summed E-state index contributed by atoms with van der Waals surface area (Å²) in [5.41, 5.74) is 2.26. The van der Waals surface area contributed by atoms with E-state index in [1.807, 2.05) is 0 Å². The van der Waals surface area contributed by atoms with Crippen molar-refractivity contribution in [2.75, 3.05) is 6.61 Å². The van der Waals surface area contributed by atoms with Crippen molar-refractivity contribution >= 4 is 0 Å². The quantitative estimate of drug-likeness (QED) is 0.672. The van der Waals surface area contributed by atoms with Crippen LogP contribution in [0.1, 0.15) is 46.5 Å². The number of aliphatic hydroxyl groups excluding tert-OH is 1. The molecule has 0 aromatic rings. The van der Waals surface area contributed by atoms with Crippen molar-refractivity contribution in [2.45, 2.75) is 46.5 Å². The summed E-state index contributed by atoms with van der Waals surface area (Å²) in [5.74, 6) is 2.27. The number of hydrogen-bond donors (Lipinski definition) is 1. The first-order valence-corrected chi connectivity index (χ1v) is 6.82. The van der Waals surface area contributed by atoms with Gasteiger partial charge in [-0.05, 0) is 55.8 Å². The highest BCUT2D eigenvalue weighted by Gasteiger charge is 2.64. The van der Waals surface area contributed by atoms with Crippen LogP contribution in [0, 0.1) is 28.6 Å². The fourth-order valence-corrected chi connectivity index (χ4v) is 5.34. The maximum atomic E-state index is 9.89. The zero-order valence-electron chi connectivity index (χ0n) is 10.8. The molecule has 2 fully saturated rings. The molecule has 3 aliphatic carbocycles. The van der Waals surface area contributed by atoms with Crippen LogP contribution in [0.4, 0.5) is 0 Å². The molecule has 3 rings (SSSR count). The summed E-state index contributed by atoms with van der Waals surface area (Å²) in [6, 6.07) is 0. The van der Waals surface area contributed by atoms with Crippen molar-refractivity contribution in [3.05, 3.63) is 11.6 Å². The third-order valence-corrected chi connectivity index (χ3v) is 6.43. The Morgan fingerprint density at radius 2 is 2.19 bits per heavy atom. The van der Waals surface area contributed by atoms with E-state index >= 15 is 0 Å². The highest BCUT2D eigenvalue weighted by Crippen LogP contribution is 2.71. The predicted octanol–water partition coefficient (Wildman–Crippen LogP) is 3.39. The molecule has 2 unspecified atom stereocenters. The van der Waals surface area contributed by atoms with Gasteiger partial charge in [-0.25, -0.2) is 0 Å². The van der Waals surface area contributed by atoms with Crippen LogP contribution < -0.4 is 0 Å². The minimum Gasteiger partial charge on any atom is -0.396 e. The average molecular weight is 220 g/mol. The van der Waals surface area contributed by atoms with E-state index in [0.717, 1.165) is 11.8 Å². The Labute approximate surface area is 98.9 Å². The molecule has 5 atom stereocenters. The van der Waals surface area contributed by atoms with Gasteiger partial charge in [0, 0.05) is 12.0 Å². The number of hydrogen-bond acceptors (Lipinski definition) is 1. The molecule has 1 nitrogen and oxygen atoms in total. The van der Waals surface area contributed by atoms with Crippen LogP contribution in [0.5, 0.6) is 0 Å². The molecule has 0 radical (unpaired) electrons. The van der Waals surface area contributed by atoms with E-state index in [1.165, 1.54) is 25.7 Å². The van der Waals surface area contributed by atoms with Gasteiger partial charge in [0.05, 0.1) is 0 Å². The van der Waals surface area contributed by atoms with Crippen molar-refractivity contribution in [3.8, 4) is 0 Å². The van der Waals surface area contributed by atoms with Crippen LogP contribution in [0.15, 0.2) is 11.6 Å². The van der Waals surface area contributed by atoms with Crippen LogP contribution >= 0.6 is 0 Å². The number of rotatable bonds is 1. The first-order valence-electron chi connectivity index (χ1n) is 6.82. The van der Waals surface area contributed by atoms with E-state index in [2.05, 4.69) is 26.8 Å². The molecular weight excluding hydrogens is 196 g/mol. The van der Waals surface area contributed by atoms with E-state index < -0.39 is 0 Å². The Morgan fingerprint density at radius 1 is 1.44 bits per heavy atom. The summed E-state index contributed by atoms with van der Waals surface area (Å²) in [5, 5.41) is 9.89. The predicted molar refractivity (Wildman–Crippen MR) is 66.0 cm³/mol. The van der Waals surface area contributed by atoms with Crippen LogP contribution in [0.25, 0.3) is 0 Å². The van der Waals surface area contributed by atoms with Gasteiger partial charge in [0.25, 0.3) is 0 Å². The second-order valence-electron chi connectivity index (χ2n) is 6.84. The summed E-state index contributed by atoms with van der Waals surface area (Å²) >= 11 is 0. The molecular formula is C15H24O. The number of aliphatic hydroxyl groups is 1. The van der Waals surface area contributed by atoms with Gasteiger partial charge in [0.1, 0.15) is 0 Å². The Morgan fingerprint density at radius 3 is 2.88 bits per heavy atom. The molecule has 0 saturated heterocycles. The average Bonchev–Trinajstić information content (AvgIpc) is 2.70. The van der Waals surface area contributed by atoms with Crippen LogP contribution in [0.2, 0.25) is 0 Å². The van der Waals surface area contributed by atoms with Gasteiger partial charge in [0.15, 0.2) is 0 Å². The van der Waals surface area contributed by atoms with E-state index in [9.17, 15) is 5.11 Å². The second-order valence-corrected chi connectivity index (χ2v) is 6.84. The molecule has 0 aromatic heterocycles. The monoisotopic (exact) mass is 220 g/mol. The van der Waals surface area contributed by atoms with E-state index in [-0.39, 0.29) is 5.41 Å². The zero-order valence-corrected chi connectivity index (χ0v) is 10.8. The van der Waals surface area contributed by atoms with Crippen molar-refractivity contribution in [1.82, 2.24) is 0 Å². The molecule has 90 valence electrons. The lowest BCUT2D eigenvalue weighted by Gasteiger charge is -2.37. The Balaban J connectivity index is 2.10. The van der Waals surface area contributed by atoms with Crippen molar-refractivity contribution in [1.29, 1.82) is 0 Å². The highest BCUT2D eigenvalue weighted by atomic mass is 16.3.